The molecule has 3 nitrogen and oxygen atoms in total. The van der Waals surface area contributed by atoms with Crippen LogP contribution in [0.1, 0.15) is 40.0 Å². The number of amides is 1. The summed E-state index contributed by atoms with van der Waals surface area (Å²) in [6.07, 6.45) is 3.48. The van der Waals surface area contributed by atoms with Gasteiger partial charge in [-0.1, -0.05) is 20.8 Å². The van der Waals surface area contributed by atoms with Crippen LogP contribution in [0.5, 0.6) is 0 Å². The second-order valence-electron chi connectivity index (χ2n) is 6.00. The molecule has 0 spiro atoms. The van der Waals surface area contributed by atoms with E-state index in [1.54, 1.807) is 7.11 Å². The second-order valence-corrected chi connectivity index (χ2v) is 6.00. The molecule has 94 valence electrons. The zero-order valence-electron chi connectivity index (χ0n) is 11.2. The van der Waals surface area contributed by atoms with E-state index in [-0.39, 0.29) is 12.5 Å². The first-order chi connectivity index (χ1) is 7.35. The van der Waals surface area contributed by atoms with Crippen molar-refractivity contribution in [3.8, 4) is 0 Å². The summed E-state index contributed by atoms with van der Waals surface area (Å²) in [7, 11) is 3.47. The Hall–Kier alpha value is -0.570. The summed E-state index contributed by atoms with van der Waals surface area (Å²) < 4.78 is 4.90. The first-order valence-corrected chi connectivity index (χ1v) is 6.10. The number of carbonyl (C=O) groups is 1. The van der Waals surface area contributed by atoms with Gasteiger partial charge in [-0.2, -0.15) is 0 Å². The lowest BCUT2D eigenvalue weighted by molar-refractivity contribution is -0.137. The predicted octanol–water partition coefficient (Wildman–Crippen LogP) is 2.31. The van der Waals surface area contributed by atoms with Crippen LogP contribution < -0.4 is 0 Å². The second kappa shape index (κ2) is 5.17. The van der Waals surface area contributed by atoms with Crippen LogP contribution in [-0.4, -0.2) is 37.6 Å². The third-order valence-corrected chi connectivity index (χ3v) is 3.57. The average molecular weight is 227 g/mol. The van der Waals surface area contributed by atoms with Gasteiger partial charge in [0.25, 0.3) is 0 Å². The summed E-state index contributed by atoms with van der Waals surface area (Å²) in [6, 6.07) is 0.376. The normalized spacial score (nSPS) is 28.8. The molecule has 0 N–H and O–H groups in total. The molecule has 0 saturated heterocycles. The third-order valence-electron chi connectivity index (χ3n) is 3.57. The van der Waals surface area contributed by atoms with Crippen molar-refractivity contribution in [3.05, 3.63) is 0 Å². The van der Waals surface area contributed by atoms with E-state index in [1.165, 1.54) is 6.42 Å². The highest BCUT2D eigenvalue weighted by molar-refractivity contribution is 5.77. The molecule has 1 aliphatic carbocycles. The van der Waals surface area contributed by atoms with Gasteiger partial charge in [0.15, 0.2) is 0 Å². The Bertz CT molecular complexity index is 250. The van der Waals surface area contributed by atoms with Gasteiger partial charge in [0.05, 0.1) is 0 Å². The Balaban J connectivity index is 2.62. The maximum absolute atomic E-state index is 11.8. The molecule has 1 amide bonds. The highest BCUT2D eigenvalue weighted by Crippen LogP contribution is 2.40. The molecular weight excluding hydrogens is 202 g/mol. The van der Waals surface area contributed by atoms with E-state index in [1.807, 2.05) is 11.9 Å². The molecule has 1 saturated carbocycles. The molecule has 2 unspecified atom stereocenters. The average Bonchev–Trinajstić information content (AvgIpc) is 2.13. The number of hydrogen-bond donors (Lipinski definition) is 0. The number of carbonyl (C=O) groups excluding carboxylic acids is 1. The fourth-order valence-corrected chi connectivity index (χ4v) is 3.02. The van der Waals surface area contributed by atoms with Crippen molar-refractivity contribution >= 4 is 5.91 Å². The van der Waals surface area contributed by atoms with Gasteiger partial charge in [0.2, 0.25) is 5.91 Å². The van der Waals surface area contributed by atoms with E-state index in [2.05, 4.69) is 20.8 Å². The van der Waals surface area contributed by atoms with Crippen LogP contribution in [0.25, 0.3) is 0 Å². The number of hydrogen-bond acceptors (Lipinski definition) is 2. The van der Waals surface area contributed by atoms with Crippen molar-refractivity contribution in [1.82, 2.24) is 4.90 Å². The van der Waals surface area contributed by atoms with Gasteiger partial charge in [-0.25, -0.2) is 0 Å². The van der Waals surface area contributed by atoms with Crippen molar-refractivity contribution in [3.63, 3.8) is 0 Å². The lowest BCUT2D eigenvalue weighted by atomic mass is 9.70. The Kier molecular flexibility index (Phi) is 4.36. The number of nitrogens with zero attached hydrogens (tertiary/aromatic N) is 1. The first-order valence-electron chi connectivity index (χ1n) is 6.10. The molecule has 0 heterocycles. The monoisotopic (exact) mass is 227 g/mol. The summed E-state index contributed by atoms with van der Waals surface area (Å²) in [6.45, 7) is 7.07. The minimum Gasteiger partial charge on any atom is -0.375 e. The third kappa shape index (κ3) is 3.48. The van der Waals surface area contributed by atoms with Crippen molar-refractivity contribution < 1.29 is 9.53 Å². The molecular formula is C13H25NO2. The van der Waals surface area contributed by atoms with E-state index >= 15 is 0 Å². The van der Waals surface area contributed by atoms with Crippen molar-refractivity contribution in [2.45, 2.75) is 46.1 Å². The van der Waals surface area contributed by atoms with Crippen LogP contribution >= 0.6 is 0 Å². The number of rotatable bonds is 3. The molecule has 0 radical (unpaired) electrons. The van der Waals surface area contributed by atoms with E-state index in [4.69, 9.17) is 4.74 Å². The van der Waals surface area contributed by atoms with E-state index in [0.29, 0.717) is 17.4 Å². The summed E-state index contributed by atoms with van der Waals surface area (Å²) >= 11 is 0. The van der Waals surface area contributed by atoms with Crippen molar-refractivity contribution in [1.29, 1.82) is 0 Å². The van der Waals surface area contributed by atoms with Crippen LogP contribution in [0.4, 0.5) is 0 Å². The minimum absolute atomic E-state index is 0.0948. The maximum Gasteiger partial charge on any atom is 0.248 e. The molecule has 16 heavy (non-hydrogen) atoms. The number of likely N-dealkylation sites (N-methyl/N-ethyl adjacent to an activating group) is 1. The molecule has 1 rings (SSSR count). The topological polar surface area (TPSA) is 29.5 Å². The van der Waals surface area contributed by atoms with Crippen molar-refractivity contribution in [2.24, 2.45) is 11.3 Å². The molecule has 0 aromatic rings. The SMILES string of the molecule is COCC(=O)N(C)C1CC(C)CC(C)(C)C1. The molecule has 3 heteroatoms. The minimum atomic E-state index is 0.0948. The van der Waals surface area contributed by atoms with Crippen LogP contribution in [-0.2, 0) is 9.53 Å². The maximum atomic E-state index is 11.8. The van der Waals surface area contributed by atoms with Crippen LogP contribution in [0.15, 0.2) is 0 Å². The molecule has 0 aromatic heterocycles. The Morgan fingerprint density at radius 3 is 2.56 bits per heavy atom. The number of methoxy groups -OCH3 is 1. The van der Waals surface area contributed by atoms with Gasteiger partial charge in [-0.15, -0.1) is 0 Å². The molecule has 0 aliphatic heterocycles. The Labute approximate surface area is 99.1 Å². The molecule has 2 atom stereocenters. The fourth-order valence-electron chi connectivity index (χ4n) is 3.02. The van der Waals surface area contributed by atoms with Gasteiger partial charge in [-0.3, -0.25) is 4.79 Å². The van der Waals surface area contributed by atoms with Gasteiger partial charge >= 0.3 is 0 Å². The molecule has 0 aromatic carbocycles. The zero-order valence-corrected chi connectivity index (χ0v) is 11.2. The van der Waals surface area contributed by atoms with Gasteiger partial charge in [-0.05, 0) is 30.6 Å². The zero-order chi connectivity index (χ0) is 12.3. The van der Waals surface area contributed by atoms with Crippen LogP contribution in [0.2, 0.25) is 0 Å². The predicted molar refractivity (Wildman–Crippen MR) is 65.2 cm³/mol. The molecule has 0 bridgehead atoms. The van der Waals surface area contributed by atoms with E-state index in [0.717, 1.165) is 12.8 Å². The summed E-state index contributed by atoms with van der Waals surface area (Å²) in [4.78, 5) is 13.6. The standard InChI is InChI=1S/C13H25NO2/c1-10-6-11(8-13(2,3)7-10)14(4)12(15)9-16-5/h10-11H,6-9H2,1-5H3. The van der Waals surface area contributed by atoms with Crippen LogP contribution in [0, 0.1) is 11.3 Å². The van der Waals surface area contributed by atoms with Gasteiger partial charge in [0, 0.05) is 20.2 Å². The lowest BCUT2D eigenvalue weighted by Crippen LogP contribution is -2.45. The summed E-state index contributed by atoms with van der Waals surface area (Å²) in [5.74, 6) is 0.795. The van der Waals surface area contributed by atoms with Crippen LogP contribution in [0.3, 0.4) is 0 Å². The van der Waals surface area contributed by atoms with E-state index < -0.39 is 0 Å². The number of ether oxygens (including phenoxy) is 1. The summed E-state index contributed by atoms with van der Waals surface area (Å²) in [5, 5.41) is 0. The smallest absolute Gasteiger partial charge is 0.248 e. The quantitative estimate of drug-likeness (QED) is 0.740. The lowest BCUT2D eigenvalue weighted by Gasteiger charge is -2.42. The largest absolute Gasteiger partial charge is 0.375 e. The molecule has 1 aliphatic rings. The summed E-state index contributed by atoms with van der Waals surface area (Å²) in [5.41, 5.74) is 0.351. The molecule has 1 fully saturated rings. The highest BCUT2D eigenvalue weighted by Gasteiger charge is 2.35. The van der Waals surface area contributed by atoms with Gasteiger partial charge < -0.3 is 9.64 Å². The Morgan fingerprint density at radius 1 is 1.44 bits per heavy atom. The van der Waals surface area contributed by atoms with E-state index in [9.17, 15) is 4.79 Å². The highest BCUT2D eigenvalue weighted by atomic mass is 16.5. The van der Waals surface area contributed by atoms with Gasteiger partial charge in [0.1, 0.15) is 6.61 Å². The first kappa shape index (κ1) is 13.5. The van der Waals surface area contributed by atoms with Crippen molar-refractivity contribution in [2.75, 3.05) is 20.8 Å². The Morgan fingerprint density at radius 2 is 2.06 bits per heavy atom. The fraction of sp³-hybridized carbons (Fsp3) is 0.923.